The van der Waals surface area contributed by atoms with Crippen molar-refractivity contribution in [3.05, 3.63) is 75.5 Å². The average molecular weight is 410 g/mol. The van der Waals surface area contributed by atoms with Crippen LogP contribution in [0, 0.1) is 0 Å². The number of benzene rings is 2. The van der Waals surface area contributed by atoms with E-state index in [1.54, 1.807) is 32.7 Å². The number of methoxy groups -OCH3 is 3. The zero-order valence-electron chi connectivity index (χ0n) is 16.7. The molecule has 5 nitrogen and oxygen atoms in total. The second kappa shape index (κ2) is 8.17. The van der Waals surface area contributed by atoms with Gasteiger partial charge in [0.2, 0.25) is 0 Å². The summed E-state index contributed by atoms with van der Waals surface area (Å²) in [6, 6.07) is 15.3. The van der Waals surface area contributed by atoms with E-state index in [2.05, 4.69) is 6.07 Å². The predicted octanol–water partition coefficient (Wildman–Crippen LogP) is 4.56. The van der Waals surface area contributed by atoms with Crippen molar-refractivity contribution in [3.63, 3.8) is 0 Å². The van der Waals surface area contributed by atoms with Gasteiger partial charge in [0.25, 0.3) is 5.91 Å². The van der Waals surface area contributed by atoms with Crippen molar-refractivity contribution in [2.24, 2.45) is 0 Å². The highest BCUT2D eigenvalue weighted by Gasteiger charge is 2.35. The minimum Gasteiger partial charge on any atom is -0.496 e. The van der Waals surface area contributed by atoms with Crippen molar-refractivity contribution >= 4 is 17.2 Å². The molecule has 3 aromatic rings. The third-order valence-corrected chi connectivity index (χ3v) is 6.21. The maximum atomic E-state index is 13.6. The average Bonchev–Trinajstić information content (AvgIpc) is 3.31. The third-order valence-electron chi connectivity index (χ3n) is 5.28. The molecule has 1 aromatic heterocycles. The highest BCUT2D eigenvalue weighted by Crippen LogP contribution is 2.43. The number of carbonyl (C=O) groups is 1. The molecule has 0 spiro atoms. The van der Waals surface area contributed by atoms with Crippen molar-refractivity contribution in [3.8, 4) is 17.2 Å². The normalized spacial score (nSPS) is 15.6. The van der Waals surface area contributed by atoms with Gasteiger partial charge in [0, 0.05) is 11.4 Å². The van der Waals surface area contributed by atoms with E-state index in [-0.39, 0.29) is 11.9 Å². The van der Waals surface area contributed by atoms with Crippen LogP contribution in [0.3, 0.4) is 0 Å². The fraction of sp³-hybridized carbons (Fsp3) is 0.261. The number of amides is 1. The van der Waals surface area contributed by atoms with Gasteiger partial charge < -0.3 is 19.1 Å². The van der Waals surface area contributed by atoms with Crippen molar-refractivity contribution in [1.29, 1.82) is 0 Å². The summed E-state index contributed by atoms with van der Waals surface area (Å²) < 4.78 is 16.5. The quantitative estimate of drug-likeness (QED) is 0.620. The van der Waals surface area contributed by atoms with Crippen LogP contribution < -0.4 is 14.2 Å². The second-order valence-electron chi connectivity index (χ2n) is 6.77. The lowest BCUT2D eigenvalue weighted by Gasteiger charge is -2.37. The van der Waals surface area contributed by atoms with Gasteiger partial charge in [-0.3, -0.25) is 4.79 Å². The van der Waals surface area contributed by atoms with E-state index in [0.717, 1.165) is 16.9 Å². The summed E-state index contributed by atoms with van der Waals surface area (Å²) in [5.74, 6) is 1.92. The molecule has 1 amide bonds. The van der Waals surface area contributed by atoms with Crippen LogP contribution in [-0.4, -0.2) is 38.7 Å². The molecule has 2 aromatic carbocycles. The number of hydrogen-bond acceptors (Lipinski definition) is 5. The van der Waals surface area contributed by atoms with Crippen molar-refractivity contribution in [2.75, 3.05) is 27.9 Å². The number of hydrogen-bond donors (Lipinski definition) is 0. The van der Waals surface area contributed by atoms with Crippen molar-refractivity contribution in [1.82, 2.24) is 4.90 Å². The van der Waals surface area contributed by atoms with Gasteiger partial charge >= 0.3 is 0 Å². The van der Waals surface area contributed by atoms with Crippen LogP contribution in [0.2, 0.25) is 0 Å². The van der Waals surface area contributed by atoms with E-state index in [1.165, 1.54) is 5.56 Å². The first-order valence-corrected chi connectivity index (χ1v) is 10.3. The van der Waals surface area contributed by atoms with Gasteiger partial charge in [-0.25, -0.2) is 0 Å². The molecule has 0 saturated carbocycles. The topological polar surface area (TPSA) is 48.0 Å². The zero-order valence-corrected chi connectivity index (χ0v) is 17.5. The summed E-state index contributed by atoms with van der Waals surface area (Å²) in [7, 11) is 4.86. The highest BCUT2D eigenvalue weighted by molar-refractivity contribution is 7.10. The van der Waals surface area contributed by atoms with E-state index in [1.807, 2.05) is 52.7 Å². The monoisotopic (exact) mass is 409 g/mol. The largest absolute Gasteiger partial charge is 0.496 e. The van der Waals surface area contributed by atoms with Gasteiger partial charge in [-0.1, -0.05) is 18.2 Å². The molecule has 1 aliphatic heterocycles. The number of carbonyl (C=O) groups excluding carboxylic acids is 1. The van der Waals surface area contributed by atoms with Crippen LogP contribution >= 0.6 is 11.3 Å². The van der Waals surface area contributed by atoms with Crippen LogP contribution in [0.1, 0.15) is 32.4 Å². The Kier molecular flexibility index (Phi) is 5.45. The SMILES string of the molecule is COc1cc2c(cc1OC)C(c1cccs1)N(C(=O)c1ccccc1OC)CC2. The minimum atomic E-state index is -0.184. The summed E-state index contributed by atoms with van der Waals surface area (Å²) >= 11 is 1.65. The molecule has 6 heteroatoms. The summed E-state index contributed by atoms with van der Waals surface area (Å²) in [5, 5.41) is 2.04. The van der Waals surface area contributed by atoms with Crippen LogP contribution in [0.4, 0.5) is 0 Å². The summed E-state index contributed by atoms with van der Waals surface area (Å²) in [6.45, 7) is 0.613. The van der Waals surface area contributed by atoms with Gasteiger partial charge in [0.1, 0.15) is 5.75 Å². The number of rotatable bonds is 5. The molecule has 0 fully saturated rings. The Labute approximate surface area is 174 Å². The standard InChI is InChI=1S/C23H23NO4S/c1-26-18-8-5-4-7-16(18)23(25)24-11-10-15-13-19(27-2)20(28-3)14-17(15)22(24)21-9-6-12-29-21/h4-9,12-14,22H,10-11H2,1-3H3. The molecule has 1 unspecified atom stereocenters. The molecule has 0 aliphatic carbocycles. The first kappa shape index (κ1) is 19.3. The zero-order chi connectivity index (χ0) is 20.4. The summed E-state index contributed by atoms with van der Waals surface area (Å²) in [4.78, 5) is 16.6. The van der Waals surface area contributed by atoms with E-state index in [0.29, 0.717) is 29.4 Å². The van der Waals surface area contributed by atoms with Gasteiger partial charge in [-0.05, 0) is 53.3 Å². The van der Waals surface area contributed by atoms with E-state index in [4.69, 9.17) is 14.2 Å². The summed E-state index contributed by atoms with van der Waals surface area (Å²) in [5.41, 5.74) is 2.81. The molecule has 2 heterocycles. The molecule has 1 atom stereocenters. The Hall–Kier alpha value is -2.99. The van der Waals surface area contributed by atoms with E-state index >= 15 is 0 Å². The molecule has 0 bridgehead atoms. The summed E-state index contributed by atoms with van der Waals surface area (Å²) in [6.07, 6.45) is 0.748. The lowest BCUT2D eigenvalue weighted by atomic mass is 9.90. The Bertz CT molecular complexity index is 1020. The molecule has 0 saturated heterocycles. The van der Waals surface area contributed by atoms with Gasteiger partial charge in [0.15, 0.2) is 11.5 Å². The smallest absolute Gasteiger partial charge is 0.258 e. The van der Waals surface area contributed by atoms with Crippen molar-refractivity contribution in [2.45, 2.75) is 12.5 Å². The number of para-hydroxylation sites is 1. The number of nitrogens with zero attached hydrogens (tertiary/aromatic N) is 1. The van der Waals surface area contributed by atoms with Crippen LogP contribution in [0.15, 0.2) is 53.9 Å². The molecular weight excluding hydrogens is 386 g/mol. The second-order valence-corrected chi connectivity index (χ2v) is 7.75. The number of thiophene rings is 1. The molecule has 29 heavy (non-hydrogen) atoms. The van der Waals surface area contributed by atoms with Crippen LogP contribution in [0.5, 0.6) is 17.2 Å². The Morgan fingerprint density at radius 3 is 2.38 bits per heavy atom. The maximum absolute atomic E-state index is 13.6. The maximum Gasteiger partial charge on any atom is 0.258 e. The van der Waals surface area contributed by atoms with E-state index < -0.39 is 0 Å². The fourth-order valence-electron chi connectivity index (χ4n) is 3.89. The highest BCUT2D eigenvalue weighted by atomic mass is 32.1. The van der Waals surface area contributed by atoms with Crippen LogP contribution in [0.25, 0.3) is 0 Å². The molecule has 1 aliphatic rings. The van der Waals surface area contributed by atoms with Gasteiger partial charge in [-0.2, -0.15) is 0 Å². The Morgan fingerprint density at radius 2 is 1.69 bits per heavy atom. The van der Waals surface area contributed by atoms with Gasteiger partial charge in [-0.15, -0.1) is 11.3 Å². The van der Waals surface area contributed by atoms with Crippen molar-refractivity contribution < 1.29 is 19.0 Å². The lowest BCUT2D eigenvalue weighted by molar-refractivity contribution is 0.0693. The molecule has 4 rings (SSSR count). The Balaban J connectivity index is 1.83. The first-order chi connectivity index (χ1) is 14.2. The lowest BCUT2D eigenvalue weighted by Crippen LogP contribution is -2.40. The van der Waals surface area contributed by atoms with Gasteiger partial charge in [0.05, 0.1) is 32.9 Å². The van der Waals surface area contributed by atoms with Crippen LogP contribution in [-0.2, 0) is 6.42 Å². The third kappa shape index (κ3) is 3.44. The predicted molar refractivity (Wildman–Crippen MR) is 113 cm³/mol. The minimum absolute atomic E-state index is 0.0405. The van der Waals surface area contributed by atoms with E-state index in [9.17, 15) is 4.79 Å². The number of fused-ring (bicyclic) bond motifs is 1. The molecule has 0 radical (unpaired) electrons. The Morgan fingerprint density at radius 1 is 0.966 bits per heavy atom. The first-order valence-electron chi connectivity index (χ1n) is 9.40. The fourth-order valence-corrected chi connectivity index (χ4v) is 4.75. The molecule has 150 valence electrons. The molecular formula is C23H23NO4S. The molecule has 0 N–H and O–H groups in total. The number of ether oxygens (including phenoxy) is 3.